The molecule has 126 valence electrons. The Labute approximate surface area is 139 Å². The van der Waals surface area contributed by atoms with E-state index in [-0.39, 0.29) is 17.1 Å². The van der Waals surface area contributed by atoms with Crippen LogP contribution in [0.15, 0.2) is 48.5 Å². The molecule has 5 nitrogen and oxygen atoms in total. The minimum absolute atomic E-state index is 0.0399. The lowest BCUT2D eigenvalue weighted by Crippen LogP contribution is -2.36. The van der Waals surface area contributed by atoms with E-state index in [9.17, 15) is 19.1 Å². The van der Waals surface area contributed by atoms with E-state index in [0.29, 0.717) is 13.0 Å². The molecule has 2 rings (SSSR count). The lowest BCUT2D eigenvalue weighted by atomic mass is 10.1. The molecule has 2 N–H and O–H groups in total. The molecule has 6 heteroatoms. The maximum absolute atomic E-state index is 12.8. The molecule has 24 heavy (non-hydrogen) atoms. The first-order valence-electron chi connectivity index (χ1n) is 7.48. The number of hydrogen-bond acceptors (Lipinski definition) is 4. The number of amides is 1. The molecule has 1 atom stereocenters. The second-order valence-corrected chi connectivity index (χ2v) is 5.26. The van der Waals surface area contributed by atoms with Crippen LogP contribution in [0.3, 0.4) is 0 Å². The number of ether oxygens (including phenoxy) is 1. The molecule has 0 unspecified atom stereocenters. The number of rotatable bonds is 6. The Morgan fingerprint density at radius 2 is 1.75 bits per heavy atom. The summed E-state index contributed by atoms with van der Waals surface area (Å²) in [5.74, 6) is -1.32. The zero-order chi connectivity index (χ0) is 17.5. The van der Waals surface area contributed by atoms with Gasteiger partial charge in [0.25, 0.3) is 5.91 Å². The van der Waals surface area contributed by atoms with Crippen LogP contribution in [0.4, 0.5) is 4.39 Å². The lowest BCUT2D eigenvalue weighted by Gasteiger charge is -2.13. The minimum atomic E-state index is -0.945. The number of aromatic hydroxyl groups is 1. The molecule has 2 aromatic carbocycles. The summed E-state index contributed by atoms with van der Waals surface area (Å²) in [7, 11) is 0. The topological polar surface area (TPSA) is 75.6 Å². The molecule has 0 heterocycles. The quantitative estimate of drug-likeness (QED) is 0.797. The Morgan fingerprint density at radius 3 is 2.38 bits per heavy atom. The highest BCUT2D eigenvalue weighted by molar-refractivity contribution is 5.92. The third-order valence-corrected chi connectivity index (χ3v) is 3.38. The van der Waals surface area contributed by atoms with Gasteiger partial charge in [0.15, 0.2) is 6.10 Å². The molecule has 0 aromatic heterocycles. The van der Waals surface area contributed by atoms with Crippen molar-refractivity contribution in [3.05, 3.63) is 65.5 Å². The number of nitrogens with one attached hydrogen (secondary N) is 1. The van der Waals surface area contributed by atoms with Crippen molar-refractivity contribution in [2.45, 2.75) is 19.4 Å². The molecule has 0 fully saturated rings. The highest BCUT2D eigenvalue weighted by Gasteiger charge is 2.18. The molecule has 0 radical (unpaired) electrons. The maximum Gasteiger partial charge on any atom is 0.338 e. The average Bonchev–Trinajstić information content (AvgIpc) is 2.57. The smallest absolute Gasteiger partial charge is 0.338 e. The summed E-state index contributed by atoms with van der Waals surface area (Å²) in [6.07, 6.45) is -0.399. The van der Waals surface area contributed by atoms with Crippen LogP contribution in [0.2, 0.25) is 0 Å². The molecule has 0 aliphatic heterocycles. The lowest BCUT2D eigenvalue weighted by molar-refractivity contribution is -0.129. The second-order valence-electron chi connectivity index (χ2n) is 5.26. The number of phenols is 1. The van der Waals surface area contributed by atoms with E-state index in [0.717, 1.165) is 5.56 Å². The molecule has 1 amide bonds. The Kier molecular flexibility index (Phi) is 5.89. The molecular weight excluding hydrogens is 313 g/mol. The first kappa shape index (κ1) is 17.5. The van der Waals surface area contributed by atoms with E-state index < -0.39 is 18.0 Å². The molecule has 0 bridgehead atoms. The van der Waals surface area contributed by atoms with E-state index in [4.69, 9.17) is 4.74 Å². The van der Waals surface area contributed by atoms with Gasteiger partial charge in [-0.15, -0.1) is 0 Å². The summed E-state index contributed by atoms with van der Waals surface area (Å²) in [6.45, 7) is 1.83. The molecule has 2 aromatic rings. The number of halogens is 1. The fourth-order valence-electron chi connectivity index (χ4n) is 2.00. The Bertz CT molecular complexity index is 698. The van der Waals surface area contributed by atoms with Crippen LogP contribution in [0.1, 0.15) is 22.8 Å². The predicted molar refractivity (Wildman–Crippen MR) is 86.1 cm³/mol. The van der Waals surface area contributed by atoms with E-state index in [2.05, 4.69) is 5.32 Å². The highest BCUT2D eigenvalue weighted by Crippen LogP contribution is 2.11. The summed E-state index contributed by atoms with van der Waals surface area (Å²) in [5.41, 5.74) is 1.14. The van der Waals surface area contributed by atoms with Crippen molar-refractivity contribution < 1.29 is 23.8 Å². The van der Waals surface area contributed by atoms with Crippen molar-refractivity contribution in [3.63, 3.8) is 0 Å². The van der Waals surface area contributed by atoms with Crippen LogP contribution in [-0.2, 0) is 16.0 Å². The van der Waals surface area contributed by atoms with Gasteiger partial charge in [0.1, 0.15) is 11.6 Å². The average molecular weight is 331 g/mol. The van der Waals surface area contributed by atoms with Crippen LogP contribution in [0.25, 0.3) is 0 Å². The van der Waals surface area contributed by atoms with E-state index in [1.54, 1.807) is 12.1 Å². The van der Waals surface area contributed by atoms with Crippen molar-refractivity contribution >= 4 is 11.9 Å². The third-order valence-electron chi connectivity index (χ3n) is 3.38. The van der Waals surface area contributed by atoms with Gasteiger partial charge in [-0.3, -0.25) is 4.79 Å². The Morgan fingerprint density at radius 1 is 1.12 bits per heavy atom. The first-order valence-corrected chi connectivity index (χ1v) is 7.48. The fourth-order valence-corrected chi connectivity index (χ4v) is 2.00. The summed E-state index contributed by atoms with van der Waals surface area (Å²) in [5, 5.41) is 11.8. The monoisotopic (exact) mass is 331 g/mol. The maximum atomic E-state index is 12.8. The van der Waals surface area contributed by atoms with Crippen LogP contribution < -0.4 is 5.32 Å². The SMILES string of the molecule is C[C@H](OC(=O)c1ccc(O)cc1)C(=O)NCCc1ccc(F)cc1. The molecule has 0 saturated carbocycles. The van der Waals surface area contributed by atoms with Gasteiger partial charge >= 0.3 is 5.97 Å². The van der Waals surface area contributed by atoms with E-state index in [1.807, 2.05) is 0 Å². The minimum Gasteiger partial charge on any atom is -0.508 e. The van der Waals surface area contributed by atoms with Crippen LogP contribution in [0.5, 0.6) is 5.75 Å². The van der Waals surface area contributed by atoms with Gasteiger partial charge in [0, 0.05) is 6.54 Å². The van der Waals surface area contributed by atoms with Crippen molar-refractivity contribution in [3.8, 4) is 5.75 Å². The van der Waals surface area contributed by atoms with Crippen molar-refractivity contribution in [2.75, 3.05) is 6.54 Å². The standard InChI is InChI=1S/C18H18FNO4/c1-12(24-18(23)14-4-8-16(21)9-5-14)17(22)20-11-10-13-2-6-15(19)7-3-13/h2-9,12,21H,10-11H2,1H3,(H,20,22)/t12-/m0/s1. The summed E-state index contributed by atoms with van der Waals surface area (Å²) < 4.78 is 17.9. The first-order chi connectivity index (χ1) is 11.5. The van der Waals surface area contributed by atoms with Gasteiger partial charge in [0.05, 0.1) is 5.56 Å². The highest BCUT2D eigenvalue weighted by atomic mass is 19.1. The zero-order valence-electron chi connectivity index (χ0n) is 13.2. The van der Waals surface area contributed by atoms with Gasteiger partial charge < -0.3 is 15.2 Å². The van der Waals surface area contributed by atoms with Crippen LogP contribution in [0, 0.1) is 5.82 Å². The van der Waals surface area contributed by atoms with E-state index >= 15 is 0 Å². The van der Waals surface area contributed by atoms with Gasteiger partial charge in [-0.2, -0.15) is 0 Å². The van der Waals surface area contributed by atoms with Gasteiger partial charge in [0.2, 0.25) is 0 Å². The number of hydrogen-bond donors (Lipinski definition) is 2. The third kappa shape index (κ3) is 5.08. The normalized spacial score (nSPS) is 11.6. The van der Waals surface area contributed by atoms with Crippen LogP contribution in [-0.4, -0.2) is 29.6 Å². The second kappa shape index (κ2) is 8.10. The number of phenolic OH excluding ortho intramolecular Hbond substituents is 1. The number of carbonyl (C=O) groups is 2. The largest absolute Gasteiger partial charge is 0.508 e. The molecular formula is C18H18FNO4. The fraction of sp³-hybridized carbons (Fsp3) is 0.222. The number of esters is 1. The molecule has 0 aliphatic carbocycles. The van der Waals surface area contributed by atoms with Crippen LogP contribution >= 0.6 is 0 Å². The predicted octanol–water partition coefficient (Wildman–Crippen LogP) is 2.44. The summed E-state index contributed by atoms with van der Waals surface area (Å²) in [4.78, 5) is 23.8. The molecule has 0 saturated heterocycles. The van der Waals surface area contributed by atoms with E-state index in [1.165, 1.54) is 43.3 Å². The van der Waals surface area contributed by atoms with Gasteiger partial charge in [-0.05, 0) is 55.3 Å². The number of carbonyl (C=O) groups excluding carboxylic acids is 2. The zero-order valence-corrected chi connectivity index (χ0v) is 13.2. The van der Waals surface area contributed by atoms with Crippen molar-refractivity contribution in [1.29, 1.82) is 0 Å². The summed E-state index contributed by atoms with van der Waals surface area (Å²) >= 11 is 0. The van der Waals surface area contributed by atoms with Gasteiger partial charge in [-0.1, -0.05) is 12.1 Å². The number of benzene rings is 2. The van der Waals surface area contributed by atoms with Crippen molar-refractivity contribution in [1.82, 2.24) is 5.32 Å². The molecule has 0 aliphatic rings. The molecule has 0 spiro atoms. The summed E-state index contributed by atoms with van der Waals surface area (Å²) in [6, 6.07) is 11.6. The Balaban J connectivity index is 1.78. The van der Waals surface area contributed by atoms with Gasteiger partial charge in [-0.25, -0.2) is 9.18 Å². The Hall–Kier alpha value is -2.89. The van der Waals surface area contributed by atoms with Crippen molar-refractivity contribution in [2.24, 2.45) is 0 Å².